The fraction of sp³-hybridized carbons (Fsp3) is 0.667. The van der Waals surface area contributed by atoms with Crippen molar-refractivity contribution in [2.24, 2.45) is 5.92 Å². The summed E-state index contributed by atoms with van der Waals surface area (Å²) in [5.74, 6) is 0.821. The Morgan fingerprint density at radius 2 is 1.82 bits per heavy atom. The molecule has 1 aromatic heterocycles. The number of halogens is 2. The largest absolute Gasteiger partial charge is 0.182 e. The molecule has 1 fully saturated rings. The third kappa shape index (κ3) is 1.82. The smallest absolute Gasteiger partial charge is 0.162 e. The Morgan fingerprint density at radius 1 is 1.27 bits per heavy atom. The molecular weight excluding hydrogens is 274 g/mol. The highest BCUT2D eigenvalue weighted by Crippen LogP contribution is 2.30. The van der Waals surface area contributed by atoms with Gasteiger partial charge in [0.15, 0.2) is 9.21 Å². The lowest BCUT2D eigenvalue weighted by Crippen LogP contribution is -2.03. The monoisotopic (exact) mass is 279 g/mol. The number of nitrogens with zero attached hydrogens (tertiary/aromatic N) is 3. The first-order valence-electron chi connectivity index (χ1n) is 3.52. The van der Waals surface area contributed by atoms with Gasteiger partial charge in [-0.2, -0.15) is 4.80 Å². The first kappa shape index (κ1) is 7.73. The van der Waals surface area contributed by atoms with Gasteiger partial charge in [0, 0.05) is 0 Å². The third-order valence-corrected chi connectivity index (χ3v) is 3.30. The maximum Gasteiger partial charge on any atom is 0.162 e. The molecule has 0 unspecified atom stereocenters. The zero-order valence-electron chi connectivity index (χ0n) is 5.80. The molecular formula is C6H7Br2N3. The van der Waals surface area contributed by atoms with Crippen molar-refractivity contribution in [2.75, 3.05) is 0 Å². The van der Waals surface area contributed by atoms with Gasteiger partial charge in [0.2, 0.25) is 0 Å². The van der Waals surface area contributed by atoms with Crippen molar-refractivity contribution in [3.05, 3.63) is 9.21 Å². The molecule has 0 N–H and O–H groups in total. The fourth-order valence-electron chi connectivity index (χ4n) is 0.921. The van der Waals surface area contributed by atoms with E-state index in [2.05, 4.69) is 42.1 Å². The summed E-state index contributed by atoms with van der Waals surface area (Å²) in [7, 11) is 0. The second kappa shape index (κ2) is 2.86. The van der Waals surface area contributed by atoms with Gasteiger partial charge in [-0.25, -0.2) is 0 Å². The molecule has 60 valence electrons. The summed E-state index contributed by atoms with van der Waals surface area (Å²) in [6.07, 6.45) is 2.66. The van der Waals surface area contributed by atoms with Crippen LogP contribution in [0.1, 0.15) is 12.8 Å². The molecule has 11 heavy (non-hydrogen) atoms. The molecule has 0 atom stereocenters. The molecule has 0 radical (unpaired) electrons. The second-order valence-corrected chi connectivity index (χ2v) is 4.28. The van der Waals surface area contributed by atoms with E-state index in [-0.39, 0.29) is 0 Å². The van der Waals surface area contributed by atoms with Crippen molar-refractivity contribution >= 4 is 31.9 Å². The normalized spacial score (nSPS) is 17.3. The zero-order chi connectivity index (χ0) is 7.84. The van der Waals surface area contributed by atoms with Gasteiger partial charge in [-0.15, -0.1) is 10.2 Å². The van der Waals surface area contributed by atoms with Crippen LogP contribution in [0.3, 0.4) is 0 Å². The van der Waals surface area contributed by atoms with E-state index in [0.29, 0.717) is 0 Å². The van der Waals surface area contributed by atoms with Crippen LogP contribution in [0.5, 0.6) is 0 Å². The number of hydrogen-bond donors (Lipinski definition) is 0. The first-order chi connectivity index (χ1) is 5.25. The van der Waals surface area contributed by atoms with E-state index in [9.17, 15) is 0 Å². The summed E-state index contributed by atoms with van der Waals surface area (Å²) in [5.41, 5.74) is 0. The Morgan fingerprint density at radius 3 is 2.27 bits per heavy atom. The third-order valence-electron chi connectivity index (χ3n) is 1.70. The SMILES string of the molecule is Brc1nn(CC2CC2)nc1Br. The van der Waals surface area contributed by atoms with Crippen molar-refractivity contribution in [3.8, 4) is 0 Å². The van der Waals surface area contributed by atoms with Gasteiger partial charge in [-0.05, 0) is 50.6 Å². The molecule has 0 aromatic carbocycles. The van der Waals surface area contributed by atoms with Crippen LogP contribution in [0, 0.1) is 5.92 Å². The Kier molecular flexibility index (Phi) is 2.01. The standard InChI is InChI=1S/C6H7Br2N3/c7-5-6(8)10-11(9-5)3-4-1-2-4/h4H,1-3H2. The quantitative estimate of drug-likeness (QED) is 0.832. The van der Waals surface area contributed by atoms with Crippen molar-refractivity contribution < 1.29 is 0 Å². The second-order valence-electron chi connectivity index (χ2n) is 2.78. The van der Waals surface area contributed by atoms with Crippen molar-refractivity contribution in [1.29, 1.82) is 0 Å². The summed E-state index contributed by atoms with van der Waals surface area (Å²) in [6.45, 7) is 0.962. The van der Waals surface area contributed by atoms with Crippen LogP contribution in [0.2, 0.25) is 0 Å². The molecule has 1 aromatic rings. The Hall–Kier alpha value is 0.1000. The van der Waals surface area contributed by atoms with Crippen molar-refractivity contribution in [2.45, 2.75) is 19.4 Å². The van der Waals surface area contributed by atoms with Gasteiger partial charge < -0.3 is 0 Å². The maximum absolute atomic E-state index is 4.17. The predicted molar refractivity (Wildman–Crippen MR) is 48.1 cm³/mol. The van der Waals surface area contributed by atoms with Crippen LogP contribution < -0.4 is 0 Å². The molecule has 1 aliphatic rings. The van der Waals surface area contributed by atoms with Crippen LogP contribution in [-0.2, 0) is 6.54 Å². The lowest BCUT2D eigenvalue weighted by molar-refractivity contribution is 0.495. The maximum atomic E-state index is 4.17. The molecule has 5 heteroatoms. The van der Waals surface area contributed by atoms with Crippen LogP contribution in [0.4, 0.5) is 0 Å². The minimum atomic E-state index is 0.790. The molecule has 0 bridgehead atoms. The van der Waals surface area contributed by atoms with Crippen LogP contribution >= 0.6 is 31.9 Å². The summed E-state index contributed by atoms with van der Waals surface area (Å²) in [5, 5.41) is 8.33. The average Bonchev–Trinajstić information content (AvgIpc) is 2.65. The number of aromatic nitrogens is 3. The molecule has 1 saturated carbocycles. The van der Waals surface area contributed by atoms with Gasteiger partial charge in [-0.1, -0.05) is 0 Å². The van der Waals surface area contributed by atoms with Gasteiger partial charge >= 0.3 is 0 Å². The molecule has 0 saturated heterocycles. The highest BCUT2D eigenvalue weighted by Gasteiger charge is 2.23. The van der Waals surface area contributed by atoms with E-state index in [1.54, 1.807) is 4.80 Å². The molecule has 0 amide bonds. The van der Waals surface area contributed by atoms with E-state index >= 15 is 0 Å². The van der Waals surface area contributed by atoms with E-state index in [1.807, 2.05) is 0 Å². The van der Waals surface area contributed by atoms with Crippen molar-refractivity contribution in [1.82, 2.24) is 15.0 Å². The number of hydrogen-bond acceptors (Lipinski definition) is 2. The summed E-state index contributed by atoms with van der Waals surface area (Å²) < 4.78 is 1.58. The molecule has 0 spiro atoms. The van der Waals surface area contributed by atoms with Gasteiger partial charge in [0.05, 0.1) is 6.54 Å². The summed E-state index contributed by atoms with van der Waals surface area (Å²) in [6, 6.07) is 0. The first-order valence-corrected chi connectivity index (χ1v) is 5.10. The van der Waals surface area contributed by atoms with Crippen LogP contribution in [0.15, 0.2) is 9.21 Å². The summed E-state index contributed by atoms with van der Waals surface area (Å²) >= 11 is 6.57. The minimum Gasteiger partial charge on any atom is -0.182 e. The highest BCUT2D eigenvalue weighted by molar-refractivity contribution is 9.13. The van der Waals surface area contributed by atoms with Crippen molar-refractivity contribution in [3.63, 3.8) is 0 Å². The Bertz CT molecular complexity index is 247. The van der Waals surface area contributed by atoms with E-state index in [1.165, 1.54) is 12.8 Å². The minimum absolute atomic E-state index is 0.790. The zero-order valence-corrected chi connectivity index (χ0v) is 8.97. The lowest BCUT2D eigenvalue weighted by atomic mass is 10.4. The molecule has 0 aliphatic heterocycles. The average molecular weight is 281 g/mol. The lowest BCUT2D eigenvalue weighted by Gasteiger charge is -1.93. The van der Waals surface area contributed by atoms with Gasteiger partial charge in [0.1, 0.15) is 0 Å². The van der Waals surface area contributed by atoms with E-state index in [0.717, 1.165) is 21.7 Å². The molecule has 3 nitrogen and oxygen atoms in total. The molecule has 2 rings (SSSR count). The van der Waals surface area contributed by atoms with Crippen LogP contribution in [-0.4, -0.2) is 15.0 Å². The molecule has 1 heterocycles. The number of rotatable bonds is 2. The highest BCUT2D eigenvalue weighted by atomic mass is 79.9. The van der Waals surface area contributed by atoms with Gasteiger partial charge in [0.25, 0.3) is 0 Å². The fourth-order valence-corrected chi connectivity index (χ4v) is 1.45. The topological polar surface area (TPSA) is 30.7 Å². The van der Waals surface area contributed by atoms with Gasteiger partial charge in [-0.3, -0.25) is 0 Å². The van der Waals surface area contributed by atoms with E-state index < -0.39 is 0 Å². The Balaban J connectivity index is 2.11. The summed E-state index contributed by atoms with van der Waals surface area (Å²) in [4.78, 5) is 1.74. The van der Waals surface area contributed by atoms with Crippen LogP contribution in [0.25, 0.3) is 0 Å². The van der Waals surface area contributed by atoms with E-state index in [4.69, 9.17) is 0 Å². The molecule has 1 aliphatic carbocycles. The predicted octanol–water partition coefficient (Wildman–Crippen LogP) is 2.21. The Labute approximate surface area is 81.4 Å².